The largest absolute Gasteiger partial charge is 0.328 e. The number of H-pyrrole nitrogens is 1. The van der Waals surface area contributed by atoms with Crippen LogP contribution in [0.4, 0.5) is 4.39 Å². The third-order valence-electron chi connectivity index (χ3n) is 5.45. The zero-order valence-corrected chi connectivity index (χ0v) is 16.7. The van der Waals surface area contributed by atoms with Crippen LogP contribution < -0.4 is 16.3 Å². The third kappa shape index (κ3) is 3.01. The van der Waals surface area contributed by atoms with Gasteiger partial charge in [0.15, 0.2) is 0 Å². The van der Waals surface area contributed by atoms with Gasteiger partial charge in [-0.25, -0.2) is 4.39 Å². The molecule has 148 valence electrons. The highest BCUT2D eigenvalue weighted by Crippen LogP contribution is 2.40. The van der Waals surface area contributed by atoms with Crippen LogP contribution in [0.1, 0.15) is 31.4 Å². The minimum atomic E-state index is -0.455. The Hall–Kier alpha value is -2.77. The molecule has 1 saturated carbocycles. The summed E-state index contributed by atoms with van der Waals surface area (Å²) in [5.41, 5.74) is 2.20. The number of nitrogens with one attached hydrogen (secondary N) is 2. The van der Waals surface area contributed by atoms with Crippen molar-refractivity contribution in [1.82, 2.24) is 14.3 Å². The van der Waals surface area contributed by atoms with Gasteiger partial charge in [-0.2, -0.15) is 0 Å². The predicted molar refractivity (Wildman–Crippen MR) is 115 cm³/mol. The molecule has 2 aromatic carbocycles. The summed E-state index contributed by atoms with van der Waals surface area (Å²) in [7, 11) is 0. The zero-order valence-electron chi connectivity index (χ0n) is 15.9. The van der Waals surface area contributed by atoms with Gasteiger partial charge in [0.1, 0.15) is 16.0 Å². The number of nitrogens with zero attached hydrogens (tertiary/aromatic N) is 1. The summed E-state index contributed by atoms with van der Waals surface area (Å²) < 4.78 is 19.8. The molecule has 0 amide bonds. The fourth-order valence-electron chi connectivity index (χ4n) is 3.89. The van der Waals surface area contributed by atoms with Crippen molar-refractivity contribution < 1.29 is 4.39 Å². The summed E-state index contributed by atoms with van der Waals surface area (Å²) in [4.78, 5) is 25.8. The quantitative estimate of drug-likeness (QED) is 0.520. The van der Waals surface area contributed by atoms with Crippen LogP contribution in [0.25, 0.3) is 32.2 Å². The van der Waals surface area contributed by atoms with Gasteiger partial charge in [0.25, 0.3) is 5.56 Å². The van der Waals surface area contributed by atoms with Crippen molar-refractivity contribution in [1.29, 1.82) is 0 Å². The molecule has 1 aliphatic carbocycles. The van der Waals surface area contributed by atoms with E-state index in [4.69, 9.17) is 0 Å². The molecule has 0 unspecified atom stereocenters. The summed E-state index contributed by atoms with van der Waals surface area (Å²) in [6.07, 6.45) is 1.98. The van der Waals surface area contributed by atoms with E-state index in [-0.39, 0.29) is 16.8 Å². The van der Waals surface area contributed by atoms with E-state index in [1.165, 1.54) is 17.6 Å². The zero-order chi connectivity index (χ0) is 20.1. The molecular formula is C22H20FN3O2S. The average molecular weight is 409 g/mol. The number of hydrogen-bond acceptors (Lipinski definition) is 4. The molecule has 5 rings (SSSR count). The Morgan fingerprint density at radius 2 is 2.07 bits per heavy atom. The molecule has 1 aliphatic rings. The lowest BCUT2D eigenvalue weighted by molar-refractivity contribution is 0.632. The fourth-order valence-corrected chi connectivity index (χ4v) is 4.81. The van der Waals surface area contributed by atoms with Crippen LogP contribution in [-0.4, -0.2) is 15.5 Å². The van der Waals surface area contributed by atoms with E-state index < -0.39 is 16.8 Å². The van der Waals surface area contributed by atoms with Crippen molar-refractivity contribution in [2.45, 2.75) is 32.4 Å². The average Bonchev–Trinajstić information content (AvgIpc) is 3.49. The Morgan fingerprint density at radius 3 is 2.83 bits per heavy atom. The van der Waals surface area contributed by atoms with Crippen molar-refractivity contribution in [2.24, 2.45) is 0 Å². The highest BCUT2D eigenvalue weighted by atomic mass is 32.1. The summed E-state index contributed by atoms with van der Waals surface area (Å²) in [6, 6.07) is 11.1. The predicted octanol–water partition coefficient (Wildman–Crippen LogP) is 4.16. The van der Waals surface area contributed by atoms with Crippen LogP contribution in [-0.2, 0) is 6.54 Å². The summed E-state index contributed by atoms with van der Waals surface area (Å²) in [5.74, 6) is -0.455. The maximum absolute atomic E-state index is 15.1. The van der Waals surface area contributed by atoms with Crippen LogP contribution in [0.5, 0.6) is 0 Å². The lowest BCUT2D eigenvalue weighted by Gasteiger charge is -2.14. The second-order valence-electron chi connectivity index (χ2n) is 7.47. The van der Waals surface area contributed by atoms with Gasteiger partial charge in [-0.1, -0.05) is 25.1 Å². The van der Waals surface area contributed by atoms with E-state index in [9.17, 15) is 9.59 Å². The fraction of sp³-hybridized carbons (Fsp3) is 0.273. The lowest BCUT2D eigenvalue weighted by Crippen LogP contribution is -2.15. The summed E-state index contributed by atoms with van der Waals surface area (Å²) in [5, 5.41) is 3.67. The number of aromatic nitrogens is 2. The van der Waals surface area contributed by atoms with E-state index in [0.717, 1.165) is 30.5 Å². The molecule has 0 atom stereocenters. The number of hydrogen-bond donors (Lipinski definition) is 2. The van der Waals surface area contributed by atoms with Gasteiger partial charge >= 0.3 is 0 Å². The van der Waals surface area contributed by atoms with Crippen LogP contribution in [0.3, 0.4) is 0 Å². The number of benzene rings is 2. The van der Waals surface area contributed by atoms with Crippen LogP contribution >= 0.6 is 11.5 Å². The topological polar surface area (TPSA) is 66.9 Å². The number of fused-ring (bicyclic) bond motifs is 2. The van der Waals surface area contributed by atoms with Gasteiger partial charge in [0, 0.05) is 23.5 Å². The van der Waals surface area contributed by atoms with Crippen LogP contribution in [0.15, 0.2) is 46.0 Å². The van der Waals surface area contributed by atoms with Gasteiger partial charge < -0.3 is 9.88 Å². The van der Waals surface area contributed by atoms with E-state index in [2.05, 4.69) is 9.69 Å². The highest BCUT2D eigenvalue weighted by Gasteiger charge is 2.29. The first kappa shape index (κ1) is 18.3. The van der Waals surface area contributed by atoms with Gasteiger partial charge in [0.05, 0.1) is 5.52 Å². The Morgan fingerprint density at radius 1 is 1.24 bits per heavy atom. The molecule has 0 aliphatic heterocycles. The maximum atomic E-state index is 15.1. The monoisotopic (exact) mass is 409 g/mol. The first-order valence-electron chi connectivity index (χ1n) is 9.77. The van der Waals surface area contributed by atoms with Gasteiger partial charge in [-0.3, -0.25) is 14.0 Å². The third-order valence-corrected chi connectivity index (χ3v) is 6.33. The molecule has 5 nitrogen and oxygen atoms in total. The Labute approximate surface area is 170 Å². The molecule has 4 aromatic rings. The van der Waals surface area contributed by atoms with Gasteiger partial charge in [0.2, 0.25) is 5.43 Å². The molecule has 2 aromatic heterocycles. The number of aromatic amines is 1. The number of rotatable bonds is 5. The normalized spacial score (nSPS) is 14.1. The first-order chi connectivity index (χ1) is 14.1. The standard InChI is InChI=1S/C22H20FN3O2S/c1-2-24-11-12-4-3-5-13(8-12)15-10-18-16(9-17(15)23)20(27)19-21(28)25-29-22(19)26(18)14-6-7-14/h3-5,8-10,14,24H,2,6-7,11H2,1H3,(H,25,28). The Kier molecular flexibility index (Phi) is 4.37. The maximum Gasteiger partial charge on any atom is 0.271 e. The van der Waals surface area contributed by atoms with E-state index in [0.29, 0.717) is 22.5 Å². The number of halogens is 1. The molecule has 0 radical (unpaired) electrons. The molecule has 0 spiro atoms. The van der Waals surface area contributed by atoms with E-state index >= 15 is 4.39 Å². The number of pyridine rings is 1. The molecule has 0 saturated heterocycles. The van der Waals surface area contributed by atoms with E-state index in [1.54, 1.807) is 6.07 Å². The SMILES string of the molecule is CCNCc1cccc(-c2cc3c(cc2F)c(=O)c2c(=O)[nH]sc2n3C2CC2)c1. The van der Waals surface area contributed by atoms with Crippen molar-refractivity contribution in [3.8, 4) is 11.1 Å². The molecule has 2 N–H and O–H groups in total. The summed E-state index contributed by atoms with van der Waals surface area (Å²) >= 11 is 1.18. The second kappa shape index (κ2) is 6.93. The molecular weight excluding hydrogens is 389 g/mol. The summed E-state index contributed by atoms with van der Waals surface area (Å²) in [6.45, 7) is 3.61. The van der Waals surface area contributed by atoms with Crippen molar-refractivity contribution in [3.63, 3.8) is 0 Å². The van der Waals surface area contributed by atoms with Crippen molar-refractivity contribution in [2.75, 3.05) is 6.54 Å². The first-order valence-corrected chi connectivity index (χ1v) is 10.6. The Bertz CT molecular complexity index is 1360. The minimum absolute atomic E-state index is 0.134. The molecule has 0 bridgehead atoms. The van der Waals surface area contributed by atoms with Crippen molar-refractivity contribution in [3.05, 3.63) is 68.4 Å². The Balaban J connectivity index is 1.78. The van der Waals surface area contributed by atoms with Crippen LogP contribution in [0.2, 0.25) is 0 Å². The van der Waals surface area contributed by atoms with Gasteiger partial charge in [-0.15, -0.1) is 0 Å². The minimum Gasteiger partial charge on any atom is -0.328 e. The highest BCUT2D eigenvalue weighted by molar-refractivity contribution is 7.12. The molecule has 1 fully saturated rings. The van der Waals surface area contributed by atoms with Crippen LogP contribution in [0, 0.1) is 5.82 Å². The molecule has 2 heterocycles. The lowest BCUT2D eigenvalue weighted by atomic mass is 10.00. The molecule has 7 heteroatoms. The van der Waals surface area contributed by atoms with E-state index in [1.807, 2.05) is 35.8 Å². The van der Waals surface area contributed by atoms with Gasteiger partial charge in [-0.05, 0) is 60.2 Å². The molecule has 29 heavy (non-hydrogen) atoms. The van der Waals surface area contributed by atoms with Crippen molar-refractivity contribution >= 4 is 32.7 Å². The smallest absolute Gasteiger partial charge is 0.271 e. The second-order valence-corrected chi connectivity index (χ2v) is 8.27.